The normalized spacial score (nSPS) is 11.1. The van der Waals surface area contributed by atoms with Crippen molar-refractivity contribution in [2.24, 2.45) is 0 Å². The third kappa shape index (κ3) is 3.16. The highest BCUT2D eigenvalue weighted by Gasteiger charge is 2.14. The van der Waals surface area contributed by atoms with E-state index < -0.39 is 0 Å². The third-order valence-corrected chi connectivity index (χ3v) is 4.22. The first-order valence-electron chi connectivity index (χ1n) is 9.01. The van der Waals surface area contributed by atoms with E-state index in [1.54, 1.807) is 27.8 Å². The number of hydrogen-bond acceptors (Lipinski definition) is 7. The summed E-state index contributed by atoms with van der Waals surface area (Å²) in [6, 6.07) is 5.98. The highest BCUT2D eigenvalue weighted by molar-refractivity contribution is 5.77. The van der Waals surface area contributed by atoms with Crippen LogP contribution in [0.1, 0.15) is 32.0 Å². The van der Waals surface area contributed by atoms with Gasteiger partial charge in [-0.1, -0.05) is 12.1 Å². The maximum atomic E-state index is 9.05. The van der Waals surface area contributed by atoms with E-state index in [0.29, 0.717) is 17.0 Å². The zero-order valence-corrected chi connectivity index (χ0v) is 15.8. The van der Waals surface area contributed by atoms with Gasteiger partial charge in [-0.2, -0.15) is 15.0 Å². The predicted octanol–water partition coefficient (Wildman–Crippen LogP) is 2.65. The van der Waals surface area contributed by atoms with E-state index in [4.69, 9.17) is 5.26 Å². The highest BCUT2D eigenvalue weighted by Crippen LogP contribution is 2.24. The first-order chi connectivity index (χ1) is 13.6. The van der Waals surface area contributed by atoms with E-state index in [1.165, 1.54) is 6.20 Å². The number of nitriles is 1. The second kappa shape index (κ2) is 7.08. The molecule has 9 nitrogen and oxygen atoms in total. The van der Waals surface area contributed by atoms with Crippen LogP contribution in [0.2, 0.25) is 0 Å². The number of anilines is 1. The standard InChI is InChI=1S/C19H19N9/c1-4-15-11-27(26-25-15)17-10-21-18(6-16(17)24-12(2)3)28-19-14(9-23-28)5-13(7-20)8-22-19/h5-6,8-12H,4H2,1-3H3,(H,21,24). The minimum absolute atomic E-state index is 0.217. The second-order valence-corrected chi connectivity index (χ2v) is 6.67. The summed E-state index contributed by atoms with van der Waals surface area (Å²) < 4.78 is 3.38. The second-order valence-electron chi connectivity index (χ2n) is 6.67. The smallest absolute Gasteiger partial charge is 0.164 e. The third-order valence-electron chi connectivity index (χ3n) is 4.22. The number of pyridine rings is 2. The Labute approximate surface area is 161 Å². The Morgan fingerprint density at radius 3 is 2.75 bits per heavy atom. The van der Waals surface area contributed by atoms with Crippen LogP contribution in [0.3, 0.4) is 0 Å². The molecule has 4 aromatic rings. The van der Waals surface area contributed by atoms with Gasteiger partial charge in [-0.05, 0) is 26.3 Å². The zero-order valence-electron chi connectivity index (χ0n) is 15.8. The fraction of sp³-hybridized carbons (Fsp3) is 0.263. The number of nitrogens with zero attached hydrogens (tertiary/aromatic N) is 8. The molecule has 0 aliphatic carbocycles. The summed E-state index contributed by atoms with van der Waals surface area (Å²) in [4.78, 5) is 8.92. The number of nitrogens with one attached hydrogen (secondary N) is 1. The molecule has 0 bridgehead atoms. The van der Waals surface area contributed by atoms with E-state index >= 15 is 0 Å². The SMILES string of the molecule is CCc1cn(-c2cnc(-n3ncc4cc(C#N)cnc43)cc2NC(C)C)nn1. The first-order valence-corrected chi connectivity index (χ1v) is 9.01. The van der Waals surface area contributed by atoms with E-state index in [2.05, 4.69) is 50.6 Å². The summed E-state index contributed by atoms with van der Waals surface area (Å²) in [7, 11) is 0. The lowest BCUT2D eigenvalue weighted by Gasteiger charge is -2.15. The molecule has 1 N–H and O–H groups in total. The van der Waals surface area contributed by atoms with Crippen molar-refractivity contribution in [2.75, 3.05) is 5.32 Å². The molecular formula is C19H19N9. The molecule has 140 valence electrons. The maximum Gasteiger partial charge on any atom is 0.164 e. The Kier molecular flexibility index (Phi) is 4.45. The highest BCUT2D eigenvalue weighted by atomic mass is 15.4. The van der Waals surface area contributed by atoms with Crippen LogP contribution in [0.15, 0.2) is 36.9 Å². The van der Waals surface area contributed by atoms with Crippen LogP contribution in [0.25, 0.3) is 22.5 Å². The lowest BCUT2D eigenvalue weighted by Crippen LogP contribution is -2.14. The van der Waals surface area contributed by atoms with Crippen molar-refractivity contribution in [3.05, 3.63) is 48.2 Å². The van der Waals surface area contributed by atoms with Crippen molar-refractivity contribution >= 4 is 16.7 Å². The zero-order chi connectivity index (χ0) is 19.7. The van der Waals surface area contributed by atoms with Crippen LogP contribution in [0, 0.1) is 11.3 Å². The van der Waals surface area contributed by atoms with E-state index in [-0.39, 0.29) is 6.04 Å². The van der Waals surface area contributed by atoms with Crippen molar-refractivity contribution in [3.8, 4) is 17.6 Å². The van der Waals surface area contributed by atoms with Crippen LogP contribution >= 0.6 is 0 Å². The molecule has 0 aliphatic heterocycles. The monoisotopic (exact) mass is 373 g/mol. The molecule has 4 aromatic heterocycles. The van der Waals surface area contributed by atoms with Crippen molar-refractivity contribution in [1.82, 2.24) is 34.7 Å². The molecule has 0 saturated carbocycles. The van der Waals surface area contributed by atoms with Crippen LogP contribution in [-0.2, 0) is 6.42 Å². The van der Waals surface area contributed by atoms with E-state index in [0.717, 1.165) is 28.9 Å². The van der Waals surface area contributed by atoms with Gasteiger partial charge in [0.25, 0.3) is 0 Å². The molecule has 0 spiro atoms. The predicted molar refractivity (Wildman–Crippen MR) is 104 cm³/mol. The minimum Gasteiger partial charge on any atom is -0.381 e. The maximum absolute atomic E-state index is 9.05. The van der Waals surface area contributed by atoms with Gasteiger partial charge >= 0.3 is 0 Å². The summed E-state index contributed by atoms with van der Waals surface area (Å²) in [5.74, 6) is 0.620. The fourth-order valence-electron chi connectivity index (χ4n) is 2.89. The van der Waals surface area contributed by atoms with Crippen molar-refractivity contribution in [2.45, 2.75) is 33.2 Å². The van der Waals surface area contributed by atoms with Gasteiger partial charge in [0.05, 0.1) is 35.5 Å². The molecule has 0 atom stereocenters. The first kappa shape index (κ1) is 17.6. The van der Waals surface area contributed by atoms with Gasteiger partial charge < -0.3 is 5.32 Å². The lowest BCUT2D eigenvalue weighted by atomic mass is 10.2. The van der Waals surface area contributed by atoms with Crippen LogP contribution < -0.4 is 5.32 Å². The summed E-state index contributed by atoms with van der Waals surface area (Å²) in [5, 5.41) is 26.0. The molecular weight excluding hydrogens is 354 g/mol. The Bertz CT molecular complexity index is 1180. The number of aryl methyl sites for hydroxylation is 1. The summed E-state index contributed by atoms with van der Waals surface area (Å²) in [6.07, 6.45) is 7.67. The molecule has 4 rings (SSSR count). The van der Waals surface area contributed by atoms with E-state index in [1.807, 2.05) is 19.2 Å². The molecule has 0 unspecified atom stereocenters. The fourth-order valence-corrected chi connectivity index (χ4v) is 2.89. The Morgan fingerprint density at radius 2 is 2.04 bits per heavy atom. The van der Waals surface area contributed by atoms with Gasteiger partial charge in [-0.3, -0.25) is 0 Å². The largest absolute Gasteiger partial charge is 0.381 e. The van der Waals surface area contributed by atoms with E-state index in [9.17, 15) is 0 Å². The van der Waals surface area contributed by atoms with Crippen molar-refractivity contribution < 1.29 is 0 Å². The van der Waals surface area contributed by atoms with Crippen LogP contribution in [0.4, 0.5) is 5.69 Å². The minimum atomic E-state index is 0.217. The number of hydrogen-bond donors (Lipinski definition) is 1. The Balaban J connectivity index is 1.82. The summed E-state index contributed by atoms with van der Waals surface area (Å²) in [6.45, 7) is 6.17. The molecule has 0 aliphatic rings. The molecule has 28 heavy (non-hydrogen) atoms. The molecule has 0 fully saturated rings. The number of aromatic nitrogens is 7. The van der Waals surface area contributed by atoms with Gasteiger partial charge in [0.15, 0.2) is 11.5 Å². The van der Waals surface area contributed by atoms with Gasteiger partial charge in [-0.15, -0.1) is 5.10 Å². The van der Waals surface area contributed by atoms with Crippen LogP contribution in [0.5, 0.6) is 0 Å². The summed E-state index contributed by atoms with van der Waals surface area (Å²) >= 11 is 0. The molecule has 9 heteroatoms. The molecule has 0 saturated heterocycles. The number of fused-ring (bicyclic) bond motifs is 1. The molecule has 0 radical (unpaired) electrons. The van der Waals surface area contributed by atoms with Crippen molar-refractivity contribution in [1.29, 1.82) is 5.26 Å². The van der Waals surface area contributed by atoms with Gasteiger partial charge in [0.1, 0.15) is 11.8 Å². The quantitative estimate of drug-likeness (QED) is 0.572. The van der Waals surface area contributed by atoms with Crippen molar-refractivity contribution in [3.63, 3.8) is 0 Å². The van der Waals surface area contributed by atoms with Gasteiger partial charge in [-0.25, -0.2) is 14.6 Å². The Hall–Kier alpha value is -3.80. The lowest BCUT2D eigenvalue weighted by molar-refractivity contribution is 0.785. The summed E-state index contributed by atoms with van der Waals surface area (Å²) in [5.41, 5.74) is 3.72. The van der Waals surface area contributed by atoms with Gasteiger partial charge in [0, 0.05) is 23.7 Å². The molecule has 0 aromatic carbocycles. The number of rotatable bonds is 5. The average Bonchev–Trinajstić information content (AvgIpc) is 3.33. The van der Waals surface area contributed by atoms with Crippen LogP contribution in [-0.4, -0.2) is 40.8 Å². The Morgan fingerprint density at radius 1 is 1.18 bits per heavy atom. The average molecular weight is 373 g/mol. The topological polar surface area (TPSA) is 110 Å². The molecule has 4 heterocycles. The van der Waals surface area contributed by atoms with Gasteiger partial charge in [0.2, 0.25) is 0 Å². The molecule has 0 amide bonds.